The molecule has 1 aromatic rings. The molecule has 0 aromatic heterocycles. The minimum Gasteiger partial charge on any atom is -0.496 e. The first-order chi connectivity index (χ1) is 8.54. The van der Waals surface area contributed by atoms with Gasteiger partial charge in [-0.2, -0.15) is 0 Å². The van der Waals surface area contributed by atoms with Crippen molar-refractivity contribution in [1.82, 2.24) is 0 Å². The highest BCUT2D eigenvalue weighted by Gasteiger charge is 2.09. The van der Waals surface area contributed by atoms with Crippen molar-refractivity contribution >= 4 is 11.8 Å². The zero-order valence-electron chi connectivity index (χ0n) is 10.7. The maximum atomic E-state index is 11.4. The Kier molecular flexibility index (Phi) is 5.17. The Bertz CT molecular complexity index is 439. The maximum absolute atomic E-state index is 11.4. The number of carbonyl (C=O) groups is 2. The molecule has 5 nitrogen and oxygen atoms in total. The summed E-state index contributed by atoms with van der Waals surface area (Å²) < 4.78 is 15.2. The van der Waals surface area contributed by atoms with Gasteiger partial charge in [-0.3, -0.25) is 9.59 Å². The van der Waals surface area contributed by atoms with Crippen LogP contribution in [0.3, 0.4) is 0 Å². The van der Waals surface area contributed by atoms with Crippen molar-refractivity contribution in [3.63, 3.8) is 0 Å². The van der Waals surface area contributed by atoms with Crippen LogP contribution in [0, 0.1) is 0 Å². The zero-order chi connectivity index (χ0) is 13.5. The first-order valence-electron chi connectivity index (χ1n) is 5.49. The van der Waals surface area contributed by atoms with E-state index in [1.165, 1.54) is 21.0 Å². The fourth-order valence-electron chi connectivity index (χ4n) is 1.40. The van der Waals surface area contributed by atoms with E-state index in [0.29, 0.717) is 17.1 Å². The van der Waals surface area contributed by atoms with Gasteiger partial charge in [0.15, 0.2) is 5.78 Å². The summed E-state index contributed by atoms with van der Waals surface area (Å²) in [5, 5.41) is 0. The van der Waals surface area contributed by atoms with E-state index in [4.69, 9.17) is 14.2 Å². The third-order valence-electron chi connectivity index (χ3n) is 2.21. The van der Waals surface area contributed by atoms with E-state index < -0.39 is 0 Å². The molecule has 98 valence electrons. The minimum absolute atomic E-state index is 0.0997. The molecule has 0 bridgehead atoms. The van der Waals surface area contributed by atoms with Gasteiger partial charge in [0, 0.05) is 6.92 Å². The first-order valence-corrected chi connectivity index (χ1v) is 5.49. The van der Waals surface area contributed by atoms with Crippen LogP contribution in [0.2, 0.25) is 0 Å². The van der Waals surface area contributed by atoms with E-state index in [9.17, 15) is 9.59 Å². The molecule has 0 amide bonds. The second-order valence-corrected chi connectivity index (χ2v) is 3.61. The number of rotatable bonds is 6. The SMILES string of the molecule is COc1ccc(OCCOC(C)=O)cc1C(C)=O. The molecule has 0 radical (unpaired) electrons. The molecule has 0 spiro atoms. The molecule has 0 saturated heterocycles. The molecule has 0 aliphatic heterocycles. The molecular weight excluding hydrogens is 236 g/mol. The highest BCUT2D eigenvalue weighted by molar-refractivity contribution is 5.97. The molecule has 0 N–H and O–H groups in total. The fourth-order valence-corrected chi connectivity index (χ4v) is 1.40. The van der Waals surface area contributed by atoms with E-state index in [-0.39, 0.29) is 25.0 Å². The van der Waals surface area contributed by atoms with Crippen LogP contribution >= 0.6 is 0 Å². The Balaban J connectivity index is 2.64. The van der Waals surface area contributed by atoms with Gasteiger partial charge in [0.2, 0.25) is 0 Å². The molecule has 1 aromatic carbocycles. The lowest BCUT2D eigenvalue weighted by molar-refractivity contribution is -0.141. The highest BCUT2D eigenvalue weighted by atomic mass is 16.6. The van der Waals surface area contributed by atoms with Crippen LogP contribution in [0.5, 0.6) is 11.5 Å². The smallest absolute Gasteiger partial charge is 0.302 e. The van der Waals surface area contributed by atoms with Gasteiger partial charge < -0.3 is 14.2 Å². The van der Waals surface area contributed by atoms with Gasteiger partial charge in [0.25, 0.3) is 0 Å². The summed E-state index contributed by atoms with van der Waals surface area (Å²) in [4.78, 5) is 21.9. The third-order valence-corrected chi connectivity index (χ3v) is 2.21. The van der Waals surface area contributed by atoms with Crippen molar-refractivity contribution < 1.29 is 23.8 Å². The summed E-state index contributed by atoms with van der Waals surface area (Å²) in [6.07, 6.45) is 0. The Hall–Kier alpha value is -2.04. The lowest BCUT2D eigenvalue weighted by atomic mass is 10.1. The summed E-state index contributed by atoms with van der Waals surface area (Å²) in [5.41, 5.74) is 0.461. The van der Waals surface area contributed by atoms with Crippen molar-refractivity contribution in [2.45, 2.75) is 13.8 Å². The van der Waals surface area contributed by atoms with Crippen LogP contribution in [-0.2, 0) is 9.53 Å². The van der Waals surface area contributed by atoms with E-state index in [1.807, 2.05) is 0 Å². The summed E-state index contributed by atoms with van der Waals surface area (Å²) >= 11 is 0. The molecule has 0 aliphatic rings. The van der Waals surface area contributed by atoms with Gasteiger partial charge in [-0.1, -0.05) is 0 Å². The van der Waals surface area contributed by atoms with E-state index >= 15 is 0 Å². The Morgan fingerprint density at radius 1 is 1.17 bits per heavy atom. The maximum Gasteiger partial charge on any atom is 0.302 e. The van der Waals surface area contributed by atoms with Gasteiger partial charge in [0.1, 0.15) is 24.7 Å². The zero-order valence-corrected chi connectivity index (χ0v) is 10.7. The Morgan fingerprint density at radius 3 is 2.44 bits per heavy atom. The standard InChI is InChI=1S/C13H16O5/c1-9(14)12-8-11(4-5-13(12)16-3)18-7-6-17-10(2)15/h4-5,8H,6-7H2,1-3H3. The summed E-state index contributed by atoms with van der Waals surface area (Å²) in [6, 6.07) is 4.96. The van der Waals surface area contributed by atoms with Crippen LogP contribution in [0.1, 0.15) is 24.2 Å². The molecule has 0 aliphatic carbocycles. The molecular formula is C13H16O5. The summed E-state index contributed by atoms with van der Waals surface area (Å²) in [5.74, 6) is 0.595. The molecule has 1 rings (SSSR count). The number of hydrogen-bond donors (Lipinski definition) is 0. The number of methoxy groups -OCH3 is 1. The number of benzene rings is 1. The lowest BCUT2D eigenvalue weighted by Gasteiger charge is -2.10. The van der Waals surface area contributed by atoms with Crippen LogP contribution < -0.4 is 9.47 Å². The van der Waals surface area contributed by atoms with Crippen LogP contribution in [0.15, 0.2) is 18.2 Å². The molecule has 0 atom stereocenters. The number of carbonyl (C=O) groups excluding carboxylic acids is 2. The Morgan fingerprint density at radius 2 is 1.89 bits per heavy atom. The molecule has 5 heteroatoms. The van der Waals surface area contributed by atoms with Crippen molar-refractivity contribution in [1.29, 1.82) is 0 Å². The average molecular weight is 252 g/mol. The third kappa shape index (κ3) is 4.08. The van der Waals surface area contributed by atoms with Gasteiger partial charge >= 0.3 is 5.97 Å². The largest absolute Gasteiger partial charge is 0.496 e. The second-order valence-electron chi connectivity index (χ2n) is 3.61. The topological polar surface area (TPSA) is 61.8 Å². The number of ether oxygens (including phenoxy) is 3. The van der Waals surface area contributed by atoms with Crippen molar-refractivity contribution in [3.05, 3.63) is 23.8 Å². The van der Waals surface area contributed by atoms with Gasteiger partial charge in [-0.15, -0.1) is 0 Å². The second kappa shape index (κ2) is 6.64. The first kappa shape index (κ1) is 14.0. The lowest BCUT2D eigenvalue weighted by Crippen LogP contribution is -2.10. The van der Waals surface area contributed by atoms with E-state index in [1.54, 1.807) is 18.2 Å². The number of ketones is 1. The molecule has 0 fully saturated rings. The van der Waals surface area contributed by atoms with Crippen molar-refractivity contribution in [3.8, 4) is 11.5 Å². The van der Waals surface area contributed by atoms with Gasteiger partial charge in [-0.05, 0) is 25.1 Å². The van der Waals surface area contributed by atoms with Gasteiger partial charge in [0.05, 0.1) is 12.7 Å². The highest BCUT2D eigenvalue weighted by Crippen LogP contribution is 2.24. The number of hydrogen-bond acceptors (Lipinski definition) is 5. The van der Waals surface area contributed by atoms with E-state index in [0.717, 1.165) is 0 Å². The Labute approximate surface area is 106 Å². The van der Waals surface area contributed by atoms with E-state index in [2.05, 4.69) is 0 Å². The summed E-state index contributed by atoms with van der Waals surface area (Å²) in [7, 11) is 1.50. The molecule has 18 heavy (non-hydrogen) atoms. The average Bonchev–Trinajstić information content (AvgIpc) is 2.34. The quantitative estimate of drug-likeness (QED) is 0.439. The minimum atomic E-state index is -0.349. The molecule has 0 unspecified atom stereocenters. The van der Waals surface area contributed by atoms with Gasteiger partial charge in [-0.25, -0.2) is 0 Å². The normalized spacial score (nSPS) is 9.72. The monoisotopic (exact) mass is 252 g/mol. The van der Waals surface area contributed by atoms with Crippen LogP contribution in [-0.4, -0.2) is 32.1 Å². The summed E-state index contributed by atoms with van der Waals surface area (Å²) in [6.45, 7) is 3.21. The predicted octanol–water partition coefficient (Wildman–Crippen LogP) is 1.84. The molecule has 0 saturated carbocycles. The van der Waals surface area contributed by atoms with Crippen molar-refractivity contribution in [2.24, 2.45) is 0 Å². The molecule has 0 heterocycles. The van der Waals surface area contributed by atoms with Crippen LogP contribution in [0.4, 0.5) is 0 Å². The number of esters is 1. The van der Waals surface area contributed by atoms with Crippen LogP contribution in [0.25, 0.3) is 0 Å². The van der Waals surface area contributed by atoms with Crippen molar-refractivity contribution in [2.75, 3.05) is 20.3 Å². The number of Topliss-reactive ketones (excluding diaryl/α,β-unsaturated/α-hetero) is 1. The fraction of sp³-hybridized carbons (Fsp3) is 0.385. The predicted molar refractivity (Wildman–Crippen MR) is 65.1 cm³/mol.